The Bertz CT molecular complexity index is 316. The highest BCUT2D eigenvalue weighted by Crippen LogP contribution is 2.44. The summed E-state index contributed by atoms with van der Waals surface area (Å²) in [4.78, 5) is 0. The molecule has 5 nitrogen and oxygen atoms in total. The molecule has 0 aliphatic heterocycles. The summed E-state index contributed by atoms with van der Waals surface area (Å²) in [7, 11) is 0. The van der Waals surface area contributed by atoms with Gasteiger partial charge in [-0.2, -0.15) is 0 Å². The minimum atomic E-state index is -0.199. The first-order valence-electron chi connectivity index (χ1n) is 4.92. The molecule has 1 fully saturated rings. The summed E-state index contributed by atoms with van der Waals surface area (Å²) >= 11 is 0. The Morgan fingerprint density at radius 3 is 2.79 bits per heavy atom. The third-order valence-corrected chi connectivity index (χ3v) is 2.60. The van der Waals surface area contributed by atoms with E-state index < -0.39 is 0 Å². The van der Waals surface area contributed by atoms with Gasteiger partial charge in [0.1, 0.15) is 0 Å². The predicted octanol–water partition coefficient (Wildman–Crippen LogP) is 1.30. The van der Waals surface area contributed by atoms with Gasteiger partial charge in [-0.25, -0.2) is 0 Å². The lowest BCUT2D eigenvalue weighted by atomic mass is 10.1. The van der Waals surface area contributed by atoms with E-state index in [1.807, 2.05) is 6.92 Å². The smallest absolute Gasteiger partial charge is 0.315 e. The van der Waals surface area contributed by atoms with Crippen LogP contribution in [0.2, 0.25) is 0 Å². The van der Waals surface area contributed by atoms with E-state index in [2.05, 4.69) is 22.4 Å². The van der Waals surface area contributed by atoms with Crippen molar-refractivity contribution in [1.82, 2.24) is 10.2 Å². The zero-order valence-electron chi connectivity index (χ0n) is 8.58. The highest BCUT2D eigenvalue weighted by Gasteiger charge is 2.37. The number of nitrogens with zero attached hydrogens (tertiary/aromatic N) is 2. The van der Waals surface area contributed by atoms with Crippen molar-refractivity contribution in [2.24, 2.45) is 11.1 Å². The molecule has 2 rings (SSSR count). The molecule has 0 spiro atoms. The lowest BCUT2D eigenvalue weighted by Gasteiger charge is -2.06. The standard InChI is InChI=1S/C9H16N4O/c1-6(10)7-12-13-8(14-7)11-5-9(2)3-4-9/h6H,3-5,10H2,1-2H3,(H,11,13). The molecule has 0 saturated heterocycles. The Kier molecular flexibility index (Phi) is 2.19. The fourth-order valence-corrected chi connectivity index (χ4v) is 1.17. The molecule has 1 aromatic rings. The molecule has 1 aromatic heterocycles. The van der Waals surface area contributed by atoms with E-state index in [0.29, 0.717) is 17.3 Å². The highest BCUT2D eigenvalue weighted by atomic mass is 16.4. The molecule has 3 N–H and O–H groups in total. The van der Waals surface area contributed by atoms with Crippen LogP contribution in [0.15, 0.2) is 4.42 Å². The molecule has 1 aliphatic carbocycles. The van der Waals surface area contributed by atoms with Gasteiger partial charge in [0.15, 0.2) is 0 Å². The molecule has 14 heavy (non-hydrogen) atoms. The van der Waals surface area contributed by atoms with Crippen LogP contribution in [-0.2, 0) is 0 Å². The van der Waals surface area contributed by atoms with Gasteiger partial charge in [0, 0.05) is 6.54 Å². The molecule has 0 radical (unpaired) electrons. The fraction of sp³-hybridized carbons (Fsp3) is 0.778. The summed E-state index contributed by atoms with van der Waals surface area (Å²) < 4.78 is 5.31. The molecule has 1 unspecified atom stereocenters. The second-order valence-electron chi connectivity index (χ2n) is 4.40. The maximum Gasteiger partial charge on any atom is 0.315 e. The summed E-state index contributed by atoms with van der Waals surface area (Å²) in [5.41, 5.74) is 6.03. The van der Waals surface area contributed by atoms with Crippen LogP contribution in [0.3, 0.4) is 0 Å². The van der Waals surface area contributed by atoms with Crippen LogP contribution in [0.5, 0.6) is 0 Å². The topological polar surface area (TPSA) is 77.0 Å². The zero-order chi connectivity index (χ0) is 10.2. The number of rotatable bonds is 4. The Balaban J connectivity index is 1.90. The summed E-state index contributed by atoms with van der Waals surface area (Å²) in [6.45, 7) is 4.95. The molecule has 1 atom stereocenters. The van der Waals surface area contributed by atoms with Crippen molar-refractivity contribution in [1.29, 1.82) is 0 Å². The van der Waals surface area contributed by atoms with Gasteiger partial charge in [0.2, 0.25) is 5.89 Å². The minimum Gasteiger partial charge on any atom is -0.406 e. The van der Waals surface area contributed by atoms with Crippen molar-refractivity contribution < 1.29 is 4.42 Å². The van der Waals surface area contributed by atoms with Crippen LogP contribution < -0.4 is 11.1 Å². The van der Waals surface area contributed by atoms with E-state index in [1.54, 1.807) is 0 Å². The molecule has 78 valence electrons. The van der Waals surface area contributed by atoms with Crippen molar-refractivity contribution in [3.05, 3.63) is 5.89 Å². The van der Waals surface area contributed by atoms with Gasteiger partial charge >= 0.3 is 6.01 Å². The van der Waals surface area contributed by atoms with Crippen molar-refractivity contribution in [3.63, 3.8) is 0 Å². The van der Waals surface area contributed by atoms with Gasteiger partial charge < -0.3 is 15.5 Å². The summed E-state index contributed by atoms with van der Waals surface area (Å²) in [5.74, 6) is 0.480. The fourth-order valence-electron chi connectivity index (χ4n) is 1.17. The van der Waals surface area contributed by atoms with Crippen molar-refractivity contribution in [3.8, 4) is 0 Å². The largest absolute Gasteiger partial charge is 0.406 e. The first-order valence-corrected chi connectivity index (χ1v) is 4.92. The average Bonchev–Trinajstić information content (AvgIpc) is 2.68. The maximum absolute atomic E-state index is 5.60. The van der Waals surface area contributed by atoms with Crippen LogP contribution in [0.25, 0.3) is 0 Å². The number of nitrogens with two attached hydrogens (primary N) is 1. The lowest BCUT2D eigenvalue weighted by molar-refractivity contribution is 0.467. The predicted molar refractivity (Wildman–Crippen MR) is 52.7 cm³/mol. The number of hydrogen-bond donors (Lipinski definition) is 2. The van der Waals surface area contributed by atoms with Gasteiger partial charge in [-0.15, -0.1) is 5.10 Å². The molecule has 1 aliphatic rings. The number of nitrogens with one attached hydrogen (secondary N) is 1. The molecule has 0 aromatic carbocycles. The molecular weight excluding hydrogens is 180 g/mol. The molecular formula is C9H16N4O. The molecule has 0 amide bonds. The summed E-state index contributed by atoms with van der Waals surface area (Å²) in [6.07, 6.45) is 2.54. The lowest BCUT2D eigenvalue weighted by Crippen LogP contribution is -2.11. The molecule has 1 saturated carbocycles. The van der Waals surface area contributed by atoms with E-state index in [-0.39, 0.29) is 6.04 Å². The second kappa shape index (κ2) is 3.24. The van der Waals surface area contributed by atoms with Gasteiger partial charge in [0.05, 0.1) is 6.04 Å². The molecule has 5 heteroatoms. The number of anilines is 1. The van der Waals surface area contributed by atoms with E-state index in [0.717, 1.165) is 6.54 Å². The van der Waals surface area contributed by atoms with E-state index in [4.69, 9.17) is 10.2 Å². The average molecular weight is 196 g/mol. The first kappa shape index (κ1) is 9.45. The zero-order valence-corrected chi connectivity index (χ0v) is 8.58. The normalized spacial score (nSPS) is 20.5. The van der Waals surface area contributed by atoms with Crippen molar-refractivity contribution in [2.75, 3.05) is 11.9 Å². The van der Waals surface area contributed by atoms with Crippen molar-refractivity contribution >= 4 is 6.01 Å². The van der Waals surface area contributed by atoms with Crippen LogP contribution in [-0.4, -0.2) is 16.7 Å². The van der Waals surface area contributed by atoms with Crippen LogP contribution in [0.1, 0.15) is 38.6 Å². The minimum absolute atomic E-state index is 0.199. The molecule has 0 bridgehead atoms. The summed E-state index contributed by atoms with van der Waals surface area (Å²) in [6, 6.07) is 0.278. The Morgan fingerprint density at radius 1 is 1.57 bits per heavy atom. The van der Waals surface area contributed by atoms with Crippen LogP contribution in [0.4, 0.5) is 6.01 Å². The van der Waals surface area contributed by atoms with E-state index in [9.17, 15) is 0 Å². The van der Waals surface area contributed by atoms with Gasteiger partial charge in [0.25, 0.3) is 0 Å². The molecule has 1 heterocycles. The van der Waals surface area contributed by atoms with Crippen LogP contribution in [0, 0.1) is 5.41 Å². The Hall–Kier alpha value is -1.10. The maximum atomic E-state index is 5.60. The number of hydrogen-bond acceptors (Lipinski definition) is 5. The Labute approximate surface area is 83.1 Å². The third-order valence-electron chi connectivity index (χ3n) is 2.60. The third kappa shape index (κ3) is 2.04. The van der Waals surface area contributed by atoms with E-state index >= 15 is 0 Å². The number of aromatic nitrogens is 2. The van der Waals surface area contributed by atoms with Crippen molar-refractivity contribution in [2.45, 2.75) is 32.7 Å². The summed E-state index contributed by atoms with van der Waals surface area (Å²) in [5, 5.41) is 10.8. The van der Waals surface area contributed by atoms with E-state index in [1.165, 1.54) is 12.8 Å². The first-order chi connectivity index (χ1) is 6.59. The quantitative estimate of drug-likeness (QED) is 0.759. The van der Waals surface area contributed by atoms with Gasteiger partial charge in [-0.3, -0.25) is 0 Å². The second-order valence-corrected chi connectivity index (χ2v) is 4.40. The Morgan fingerprint density at radius 2 is 2.29 bits per heavy atom. The van der Waals surface area contributed by atoms with Crippen LogP contribution >= 0.6 is 0 Å². The monoisotopic (exact) mass is 196 g/mol. The SMILES string of the molecule is CC(N)c1nnc(NCC2(C)CC2)o1. The van der Waals surface area contributed by atoms with Gasteiger partial charge in [-0.1, -0.05) is 12.0 Å². The highest BCUT2D eigenvalue weighted by molar-refractivity contribution is 5.19. The van der Waals surface area contributed by atoms with Gasteiger partial charge in [-0.05, 0) is 25.2 Å².